The van der Waals surface area contributed by atoms with Gasteiger partial charge in [-0.05, 0) is 46.9 Å². The normalized spacial score (nSPS) is 17.1. The van der Waals surface area contributed by atoms with E-state index in [1.807, 2.05) is 12.1 Å². The first kappa shape index (κ1) is 13.2. The SMILES string of the molecule is O=C(NCCc1ccsc1)C1CNc2ccccc2C1. The van der Waals surface area contributed by atoms with Gasteiger partial charge in [0.05, 0.1) is 5.92 Å². The molecule has 4 heteroatoms. The van der Waals surface area contributed by atoms with Crippen molar-refractivity contribution in [3.05, 3.63) is 52.2 Å². The van der Waals surface area contributed by atoms with E-state index in [0.29, 0.717) is 6.54 Å². The number of rotatable bonds is 4. The summed E-state index contributed by atoms with van der Waals surface area (Å²) in [5.74, 6) is 0.189. The van der Waals surface area contributed by atoms with Crippen LogP contribution >= 0.6 is 11.3 Å². The highest BCUT2D eigenvalue weighted by Crippen LogP contribution is 2.24. The monoisotopic (exact) mass is 286 g/mol. The number of para-hydroxylation sites is 1. The lowest BCUT2D eigenvalue weighted by molar-refractivity contribution is -0.124. The topological polar surface area (TPSA) is 41.1 Å². The Hall–Kier alpha value is -1.81. The van der Waals surface area contributed by atoms with E-state index in [2.05, 4.69) is 39.6 Å². The van der Waals surface area contributed by atoms with Crippen molar-refractivity contribution in [1.82, 2.24) is 5.32 Å². The molecule has 1 aliphatic rings. The summed E-state index contributed by atoms with van der Waals surface area (Å²) in [4.78, 5) is 12.2. The molecule has 2 aromatic rings. The lowest BCUT2D eigenvalue weighted by Gasteiger charge is -2.25. The summed E-state index contributed by atoms with van der Waals surface area (Å²) in [6.45, 7) is 1.44. The molecule has 1 aromatic carbocycles. The van der Waals surface area contributed by atoms with Crippen LogP contribution < -0.4 is 10.6 Å². The number of amides is 1. The summed E-state index contributed by atoms with van der Waals surface area (Å²) in [5, 5.41) is 10.6. The van der Waals surface area contributed by atoms with Gasteiger partial charge in [0.2, 0.25) is 5.91 Å². The van der Waals surface area contributed by atoms with Crippen molar-refractivity contribution in [3.63, 3.8) is 0 Å². The van der Waals surface area contributed by atoms with E-state index in [-0.39, 0.29) is 11.8 Å². The molecule has 0 saturated carbocycles. The highest BCUT2D eigenvalue weighted by atomic mass is 32.1. The molecule has 0 saturated heterocycles. The van der Waals surface area contributed by atoms with E-state index < -0.39 is 0 Å². The Labute approximate surface area is 123 Å². The fourth-order valence-corrected chi connectivity index (χ4v) is 3.24. The maximum Gasteiger partial charge on any atom is 0.225 e. The van der Waals surface area contributed by atoms with Gasteiger partial charge in [-0.15, -0.1) is 0 Å². The van der Waals surface area contributed by atoms with Crippen LogP contribution in [0.5, 0.6) is 0 Å². The average Bonchev–Trinajstić information content (AvgIpc) is 3.00. The van der Waals surface area contributed by atoms with Crippen LogP contribution in [0, 0.1) is 5.92 Å². The van der Waals surface area contributed by atoms with Crippen molar-refractivity contribution in [1.29, 1.82) is 0 Å². The Morgan fingerprint density at radius 1 is 1.35 bits per heavy atom. The van der Waals surface area contributed by atoms with Gasteiger partial charge in [-0.25, -0.2) is 0 Å². The number of carbonyl (C=O) groups excluding carboxylic acids is 1. The minimum Gasteiger partial charge on any atom is -0.384 e. The Morgan fingerprint density at radius 2 is 2.25 bits per heavy atom. The van der Waals surface area contributed by atoms with Crippen LogP contribution in [0.3, 0.4) is 0 Å². The summed E-state index contributed by atoms with van der Waals surface area (Å²) in [6, 6.07) is 10.3. The van der Waals surface area contributed by atoms with Crippen LogP contribution in [0.25, 0.3) is 0 Å². The highest BCUT2D eigenvalue weighted by Gasteiger charge is 2.23. The quantitative estimate of drug-likeness (QED) is 0.907. The molecule has 3 nitrogen and oxygen atoms in total. The summed E-state index contributed by atoms with van der Waals surface area (Å²) in [6.07, 6.45) is 1.74. The lowest BCUT2D eigenvalue weighted by atomic mass is 9.93. The maximum atomic E-state index is 12.2. The van der Waals surface area contributed by atoms with E-state index in [1.54, 1.807) is 11.3 Å². The molecule has 104 valence electrons. The van der Waals surface area contributed by atoms with Gasteiger partial charge in [0.25, 0.3) is 0 Å². The first-order chi connectivity index (χ1) is 9.83. The van der Waals surface area contributed by atoms with Crippen molar-refractivity contribution >= 4 is 22.9 Å². The molecule has 1 amide bonds. The van der Waals surface area contributed by atoms with Crippen molar-refractivity contribution in [2.45, 2.75) is 12.8 Å². The third-order valence-corrected chi connectivity index (χ3v) is 4.42. The zero-order chi connectivity index (χ0) is 13.8. The first-order valence-corrected chi connectivity index (χ1v) is 7.88. The Balaban J connectivity index is 1.51. The third kappa shape index (κ3) is 3.02. The Kier molecular flexibility index (Phi) is 4.02. The Morgan fingerprint density at radius 3 is 3.10 bits per heavy atom. The van der Waals surface area contributed by atoms with Gasteiger partial charge in [0.1, 0.15) is 0 Å². The van der Waals surface area contributed by atoms with Crippen molar-refractivity contribution < 1.29 is 4.79 Å². The van der Waals surface area contributed by atoms with Crippen LogP contribution in [-0.4, -0.2) is 19.0 Å². The number of hydrogen-bond donors (Lipinski definition) is 2. The number of hydrogen-bond acceptors (Lipinski definition) is 3. The number of carbonyl (C=O) groups is 1. The molecular formula is C16H18N2OS. The minimum absolute atomic E-state index is 0.0346. The highest BCUT2D eigenvalue weighted by molar-refractivity contribution is 7.07. The molecule has 2 N–H and O–H groups in total. The van der Waals surface area contributed by atoms with Gasteiger partial charge < -0.3 is 10.6 Å². The molecule has 2 heterocycles. The zero-order valence-electron chi connectivity index (χ0n) is 11.3. The molecule has 1 aliphatic heterocycles. The van der Waals surface area contributed by atoms with Gasteiger partial charge >= 0.3 is 0 Å². The summed E-state index contributed by atoms with van der Waals surface area (Å²) in [7, 11) is 0. The van der Waals surface area contributed by atoms with E-state index in [0.717, 1.165) is 25.1 Å². The maximum absolute atomic E-state index is 12.2. The van der Waals surface area contributed by atoms with E-state index >= 15 is 0 Å². The van der Waals surface area contributed by atoms with Crippen LogP contribution in [0.4, 0.5) is 5.69 Å². The largest absolute Gasteiger partial charge is 0.384 e. The second-order valence-corrected chi connectivity index (χ2v) is 5.89. The van der Waals surface area contributed by atoms with Gasteiger partial charge in [-0.3, -0.25) is 4.79 Å². The zero-order valence-corrected chi connectivity index (χ0v) is 12.1. The minimum atomic E-state index is 0.0346. The molecular weight excluding hydrogens is 268 g/mol. The molecule has 1 aromatic heterocycles. The van der Waals surface area contributed by atoms with Crippen LogP contribution in [0.15, 0.2) is 41.1 Å². The fourth-order valence-electron chi connectivity index (χ4n) is 2.54. The van der Waals surface area contributed by atoms with E-state index in [4.69, 9.17) is 0 Å². The second kappa shape index (κ2) is 6.09. The average molecular weight is 286 g/mol. The van der Waals surface area contributed by atoms with Gasteiger partial charge in [-0.2, -0.15) is 11.3 Å². The molecule has 0 fully saturated rings. The van der Waals surface area contributed by atoms with E-state index in [1.165, 1.54) is 11.1 Å². The van der Waals surface area contributed by atoms with Crippen LogP contribution in [0.2, 0.25) is 0 Å². The number of anilines is 1. The predicted octanol–water partition coefficient (Wildman–Crippen LogP) is 2.69. The Bertz CT molecular complexity index is 580. The lowest BCUT2D eigenvalue weighted by Crippen LogP contribution is -2.38. The second-order valence-electron chi connectivity index (χ2n) is 5.11. The molecule has 0 spiro atoms. The van der Waals surface area contributed by atoms with Crippen LogP contribution in [-0.2, 0) is 17.6 Å². The van der Waals surface area contributed by atoms with Gasteiger partial charge in [-0.1, -0.05) is 18.2 Å². The number of nitrogens with one attached hydrogen (secondary N) is 2. The van der Waals surface area contributed by atoms with Gasteiger partial charge in [0.15, 0.2) is 0 Å². The van der Waals surface area contributed by atoms with Gasteiger partial charge in [0, 0.05) is 18.8 Å². The summed E-state index contributed by atoms with van der Waals surface area (Å²) in [5.41, 5.74) is 3.69. The smallest absolute Gasteiger partial charge is 0.225 e. The molecule has 0 bridgehead atoms. The number of thiophene rings is 1. The molecule has 3 rings (SSSR count). The summed E-state index contributed by atoms with van der Waals surface area (Å²) >= 11 is 1.70. The molecule has 0 radical (unpaired) electrons. The fraction of sp³-hybridized carbons (Fsp3) is 0.312. The van der Waals surface area contributed by atoms with Crippen molar-refractivity contribution in [2.75, 3.05) is 18.4 Å². The molecule has 0 aliphatic carbocycles. The standard InChI is InChI=1S/C16H18N2OS/c19-16(17-7-5-12-6-8-20-11-12)14-9-13-3-1-2-4-15(13)18-10-14/h1-4,6,8,11,14,18H,5,7,9-10H2,(H,17,19). The van der Waals surface area contributed by atoms with Crippen molar-refractivity contribution in [3.8, 4) is 0 Å². The number of benzene rings is 1. The van der Waals surface area contributed by atoms with Crippen molar-refractivity contribution in [2.24, 2.45) is 5.92 Å². The van der Waals surface area contributed by atoms with Crippen LogP contribution in [0.1, 0.15) is 11.1 Å². The third-order valence-electron chi connectivity index (χ3n) is 3.69. The molecule has 1 unspecified atom stereocenters. The molecule has 1 atom stereocenters. The first-order valence-electron chi connectivity index (χ1n) is 6.93. The summed E-state index contributed by atoms with van der Waals surface area (Å²) < 4.78 is 0. The van der Waals surface area contributed by atoms with E-state index in [9.17, 15) is 4.79 Å². The molecule has 20 heavy (non-hydrogen) atoms. The predicted molar refractivity (Wildman–Crippen MR) is 83.2 cm³/mol. The number of fused-ring (bicyclic) bond motifs is 1.